The van der Waals surface area contributed by atoms with Gasteiger partial charge in [0, 0.05) is 23.5 Å². The lowest BCUT2D eigenvalue weighted by Crippen LogP contribution is -2.14. The van der Waals surface area contributed by atoms with Crippen molar-refractivity contribution in [3.05, 3.63) is 23.3 Å². The highest BCUT2D eigenvalue weighted by atomic mass is 14.9. The normalized spacial score (nSPS) is 11.0. The van der Waals surface area contributed by atoms with Crippen LogP contribution >= 0.6 is 0 Å². The molecule has 2 N–H and O–H groups in total. The van der Waals surface area contributed by atoms with Gasteiger partial charge in [-0.05, 0) is 64.8 Å². The summed E-state index contributed by atoms with van der Waals surface area (Å²) in [6.45, 7) is 13.0. The van der Waals surface area contributed by atoms with Gasteiger partial charge in [0.25, 0.3) is 0 Å². The van der Waals surface area contributed by atoms with Gasteiger partial charge in [-0.3, -0.25) is 0 Å². The van der Waals surface area contributed by atoms with Crippen molar-refractivity contribution < 1.29 is 0 Å². The van der Waals surface area contributed by atoms with E-state index in [9.17, 15) is 0 Å². The van der Waals surface area contributed by atoms with Crippen LogP contribution in [0.2, 0.25) is 0 Å². The average molecular weight is 220 g/mol. The highest BCUT2D eigenvalue weighted by molar-refractivity contribution is 5.65. The van der Waals surface area contributed by atoms with Gasteiger partial charge in [-0.15, -0.1) is 0 Å². The molecule has 0 saturated carbocycles. The summed E-state index contributed by atoms with van der Waals surface area (Å²) in [5.74, 6) is 0. The Labute approximate surface area is 99.5 Å². The first-order chi connectivity index (χ1) is 7.41. The molecule has 90 valence electrons. The van der Waals surface area contributed by atoms with E-state index in [1.165, 1.54) is 22.5 Å². The molecule has 0 fully saturated rings. The quantitative estimate of drug-likeness (QED) is 0.803. The van der Waals surface area contributed by atoms with E-state index in [0.717, 1.165) is 0 Å². The monoisotopic (exact) mass is 220 g/mol. The number of benzene rings is 1. The zero-order chi connectivity index (χ0) is 12.3. The average Bonchev–Trinajstić information content (AvgIpc) is 2.16. The highest BCUT2D eigenvalue weighted by Crippen LogP contribution is 2.26. The lowest BCUT2D eigenvalue weighted by atomic mass is 10.0. The van der Waals surface area contributed by atoms with Gasteiger partial charge in [-0.2, -0.15) is 0 Å². The minimum atomic E-state index is 0.474. The molecule has 2 heteroatoms. The Morgan fingerprint density at radius 1 is 0.750 bits per heavy atom. The van der Waals surface area contributed by atoms with Gasteiger partial charge in [-0.1, -0.05) is 0 Å². The van der Waals surface area contributed by atoms with Gasteiger partial charge in [0.1, 0.15) is 0 Å². The van der Waals surface area contributed by atoms with E-state index in [2.05, 4.69) is 64.3 Å². The fraction of sp³-hybridized carbons (Fsp3) is 0.571. The molecule has 1 rings (SSSR count). The van der Waals surface area contributed by atoms with Gasteiger partial charge in [-0.25, -0.2) is 0 Å². The Kier molecular flexibility index (Phi) is 4.22. The maximum atomic E-state index is 3.47. The van der Waals surface area contributed by atoms with E-state index in [0.29, 0.717) is 12.1 Å². The molecule has 0 heterocycles. The lowest BCUT2D eigenvalue weighted by molar-refractivity contribution is 0.890. The molecule has 0 amide bonds. The first-order valence-corrected chi connectivity index (χ1v) is 6.05. The molecule has 0 radical (unpaired) electrons. The van der Waals surface area contributed by atoms with Crippen LogP contribution in [0.15, 0.2) is 12.1 Å². The van der Waals surface area contributed by atoms with Crippen LogP contribution in [0.1, 0.15) is 38.8 Å². The molecule has 0 spiro atoms. The van der Waals surface area contributed by atoms with E-state index in [1.807, 2.05) is 0 Å². The molecule has 0 aliphatic heterocycles. The van der Waals surface area contributed by atoms with Crippen LogP contribution in [-0.4, -0.2) is 12.1 Å². The third kappa shape index (κ3) is 3.16. The molecule has 0 atom stereocenters. The van der Waals surface area contributed by atoms with Gasteiger partial charge in [0.05, 0.1) is 0 Å². The second-order valence-corrected chi connectivity index (χ2v) is 5.01. The largest absolute Gasteiger partial charge is 0.383 e. The van der Waals surface area contributed by atoms with Crippen LogP contribution in [0, 0.1) is 13.8 Å². The van der Waals surface area contributed by atoms with Crippen molar-refractivity contribution in [3.63, 3.8) is 0 Å². The first kappa shape index (κ1) is 12.9. The van der Waals surface area contributed by atoms with Crippen molar-refractivity contribution in [2.75, 3.05) is 10.6 Å². The smallest absolute Gasteiger partial charge is 0.0376 e. The summed E-state index contributed by atoms with van der Waals surface area (Å²) in [5, 5.41) is 6.93. The molecule has 0 unspecified atom stereocenters. The third-order valence-electron chi connectivity index (χ3n) is 2.68. The summed E-state index contributed by atoms with van der Waals surface area (Å²) in [7, 11) is 0. The summed E-state index contributed by atoms with van der Waals surface area (Å²) in [6.07, 6.45) is 0. The Balaban J connectivity index is 2.98. The van der Waals surface area contributed by atoms with Crippen molar-refractivity contribution in [2.45, 2.75) is 53.6 Å². The topological polar surface area (TPSA) is 24.1 Å². The van der Waals surface area contributed by atoms with Gasteiger partial charge >= 0.3 is 0 Å². The van der Waals surface area contributed by atoms with Crippen LogP contribution in [0.3, 0.4) is 0 Å². The second kappa shape index (κ2) is 5.24. The number of rotatable bonds is 4. The van der Waals surface area contributed by atoms with Crippen molar-refractivity contribution in [1.29, 1.82) is 0 Å². The highest BCUT2D eigenvalue weighted by Gasteiger charge is 2.07. The zero-order valence-corrected chi connectivity index (χ0v) is 11.3. The fourth-order valence-corrected chi connectivity index (χ4v) is 1.76. The molecule has 0 aromatic heterocycles. The first-order valence-electron chi connectivity index (χ1n) is 6.05. The van der Waals surface area contributed by atoms with Crippen LogP contribution in [-0.2, 0) is 0 Å². The molecule has 0 saturated heterocycles. The lowest BCUT2D eigenvalue weighted by Gasteiger charge is -2.19. The minimum absolute atomic E-state index is 0.474. The maximum absolute atomic E-state index is 3.47. The van der Waals surface area contributed by atoms with Crippen LogP contribution in [0.5, 0.6) is 0 Å². The van der Waals surface area contributed by atoms with E-state index in [1.54, 1.807) is 0 Å². The molecule has 2 nitrogen and oxygen atoms in total. The Morgan fingerprint density at radius 2 is 1.06 bits per heavy atom. The Morgan fingerprint density at radius 3 is 1.31 bits per heavy atom. The van der Waals surface area contributed by atoms with Crippen molar-refractivity contribution in [2.24, 2.45) is 0 Å². The number of anilines is 2. The van der Waals surface area contributed by atoms with Crippen LogP contribution < -0.4 is 10.6 Å². The van der Waals surface area contributed by atoms with Gasteiger partial charge < -0.3 is 10.6 Å². The summed E-state index contributed by atoms with van der Waals surface area (Å²) < 4.78 is 0. The standard InChI is InChI=1S/C14H24N2/c1-9(2)15-13-7-8-14(16-10(3)4)12(6)11(13)5/h7-10,15-16H,1-6H3. The van der Waals surface area contributed by atoms with E-state index in [-0.39, 0.29) is 0 Å². The molecule has 0 aliphatic rings. The SMILES string of the molecule is Cc1c(NC(C)C)ccc(NC(C)C)c1C. The maximum Gasteiger partial charge on any atom is 0.0376 e. The molecule has 1 aromatic carbocycles. The van der Waals surface area contributed by atoms with Gasteiger partial charge in [0.2, 0.25) is 0 Å². The predicted octanol–water partition coefficient (Wildman–Crippen LogP) is 3.94. The molecular formula is C14H24N2. The van der Waals surface area contributed by atoms with E-state index in [4.69, 9.17) is 0 Å². The fourth-order valence-electron chi connectivity index (χ4n) is 1.76. The summed E-state index contributed by atoms with van der Waals surface area (Å²) in [5.41, 5.74) is 5.14. The zero-order valence-electron chi connectivity index (χ0n) is 11.3. The third-order valence-corrected chi connectivity index (χ3v) is 2.68. The van der Waals surface area contributed by atoms with Gasteiger partial charge in [0.15, 0.2) is 0 Å². The number of hydrogen-bond acceptors (Lipinski definition) is 2. The van der Waals surface area contributed by atoms with Crippen LogP contribution in [0.25, 0.3) is 0 Å². The molecule has 16 heavy (non-hydrogen) atoms. The Hall–Kier alpha value is -1.18. The molecule has 0 aliphatic carbocycles. The summed E-state index contributed by atoms with van der Waals surface area (Å²) in [6, 6.07) is 5.27. The Bertz CT molecular complexity index is 319. The summed E-state index contributed by atoms with van der Waals surface area (Å²) in [4.78, 5) is 0. The number of hydrogen-bond donors (Lipinski definition) is 2. The minimum Gasteiger partial charge on any atom is -0.383 e. The number of nitrogens with one attached hydrogen (secondary N) is 2. The van der Waals surface area contributed by atoms with Crippen molar-refractivity contribution >= 4 is 11.4 Å². The second-order valence-electron chi connectivity index (χ2n) is 5.01. The van der Waals surface area contributed by atoms with Crippen molar-refractivity contribution in [3.8, 4) is 0 Å². The van der Waals surface area contributed by atoms with E-state index >= 15 is 0 Å². The molecular weight excluding hydrogens is 196 g/mol. The molecule has 1 aromatic rings. The predicted molar refractivity (Wildman–Crippen MR) is 73.4 cm³/mol. The summed E-state index contributed by atoms with van der Waals surface area (Å²) >= 11 is 0. The van der Waals surface area contributed by atoms with E-state index < -0.39 is 0 Å². The van der Waals surface area contributed by atoms with Crippen molar-refractivity contribution in [1.82, 2.24) is 0 Å². The van der Waals surface area contributed by atoms with Crippen LogP contribution in [0.4, 0.5) is 11.4 Å². The molecule has 0 bridgehead atoms.